The van der Waals surface area contributed by atoms with Gasteiger partial charge in [-0.1, -0.05) is 30.3 Å². The molecule has 0 bridgehead atoms. The molecule has 0 spiro atoms. The first kappa shape index (κ1) is 13.2. The highest BCUT2D eigenvalue weighted by atomic mass is 16.3. The molecule has 0 amide bonds. The third-order valence-electron chi connectivity index (χ3n) is 3.04. The van der Waals surface area contributed by atoms with Crippen LogP contribution < -0.4 is 11.5 Å². The van der Waals surface area contributed by atoms with Crippen LogP contribution in [0, 0.1) is 0 Å². The van der Waals surface area contributed by atoms with E-state index in [1.165, 1.54) is 0 Å². The summed E-state index contributed by atoms with van der Waals surface area (Å²) in [6, 6.07) is 9.43. The average molecular weight is 282 g/mol. The molecule has 0 aliphatic rings. The number of hydrogen-bond acceptors (Lipinski definition) is 7. The van der Waals surface area contributed by atoms with Crippen molar-refractivity contribution in [1.82, 2.24) is 19.9 Å². The number of fused-ring (bicyclic) bond motifs is 1. The molecule has 0 radical (unpaired) electrons. The van der Waals surface area contributed by atoms with Crippen LogP contribution in [0.15, 0.2) is 30.3 Å². The van der Waals surface area contributed by atoms with Crippen molar-refractivity contribution < 1.29 is 5.11 Å². The fourth-order valence-electron chi connectivity index (χ4n) is 2.02. The summed E-state index contributed by atoms with van der Waals surface area (Å²) in [4.78, 5) is 17.0. The molecule has 2 heterocycles. The van der Waals surface area contributed by atoms with Crippen molar-refractivity contribution >= 4 is 22.8 Å². The summed E-state index contributed by atoms with van der Waals surface area (Å²) in [5.41, 5.74) is 13.5. The van der Waals surface area contributed by atoms with E-state index >= 15 is 0 Å². The third-order valence-corrected chi connectivity index (χ3v) is 3.04. The number of aromatic nitrogens is 4. The van der Waals surface area contributed by atoms with Gasteiger partial charge in [-0.15, -0.1) is 0 Å². The minimum atomic E-state index is -0.838. The Morgan fingerprint density at radius 1 is 0.952 bits per heavy atom. The summed E-state index contributed by atoms with van der Waals surface area (Å²) in [6.45, 7) is 1.56. The molecule has 0 aliphatic carbocycles. The maximum atomic E-state index is 9.62. The Bertz CT molecular complexity index is 803. The topological polar surface area (TPSA) is 124 Å². The summed E-state index contributed by atoms with van der Waals surface area (Å²) < 4.78 is 0. The van der Waals surface area contributed by atoms with Gasteiger partial charge in [0, 0.05) is 5.56 Å². The first-order valence-electron chi connectivity index (χ1n) is 6.40. The highest BCUT2D eigenvalue weighted by molar-refractivity contribution is 5.84. The van der Waals surface area contributed by atoms with Gasteiger partial charge in [-0.05, 0) is 6.92 Å². The van der Waals surface area contributed by atoms with Crippen LogP contribution in [-0.4, -0.2) is 25.0 Å². The third kappa shape index (κ3) is 2.34. The van der Waals surface area contributed by atoms with Crippen LogP contribution in [0.1, 0.15) is 18.7 Å². The molecule has 2 aromatic heterocycles. The normalized spacial score (nSPS) is 12.5. The van der Waals surface area contributed by atoms with Gasteiger partial charge in [0.05, 0.1) is 6.10 Å². The maximum absolute atomic E-state index is 9.62. The van der Waals surface area contributed by atoms with Gasteiger partial charge >= 0.3 is 0 Å². The number of aliphatic hydroxyl groups is 1. The van der Waals surface area contributed by atoms with Crippen LogP contribution >= 0.6 is 0 Å². The molecule has 21 heavy (non-hydrogen) atoms. The number of aliphatic hydroxyl groups excluding tert-OH is 1. The second-order valence-electron chi connectivity index (χ2n) is 4.64. The Hall–Kier alpha value is -2.80. The van der Waals surface area contributed by atoms with E-state index in [0.29, 0.717) is 17.0 Å². The van der Waals surface area contributed by atoms with Crippen LogP contribution in [0.4, 0.5) is 11.6 Å². The fourth-order valence-corrected chi connectivity index (χ4v) is 2.02. The number of anilines is 2. The molecule has 0 aliphatic heterocycles. The van der Waals surface area contributed by atoms with Gasteiger partial charge in [0.15, 0.2) is 28.6 Å². The molecule has 0 saturated heterocycles. The second kappa shape index (κ2) is 4.95. The monoisotopic (exact) mass is 282 g/mol. The van der Waals surface area contributed by atoms with Crippen molar-refractivity contribution in [2.45, 2.75) is 13.0 Å². The molecular weight excluding hydrogens is 268 g/mol. The molecule has 7 heteroatoms. The molecule has 1 aromatic carbocycles. The summed E-state index contributed by atoms with van der Waals surface area (Å²) in [7, 11) is 0. The maximum Gasteiger partial charge on any atom is 0.186 e. The largest absolute Gasteiger partial charge is 0.387 e. The predicted octanol–water partition coefficient (Wildman–Crippen LogP) is 1.30. The lowest BCUT2D eigenvalue weighted by Gasteiger charge is -2.10. The van der Waals surface area contributed by atoms with Gasteiger partial charge < -0.3 is 16.6 Å². The Balaban J connectivity index is 2.23. The number of nitrogen functional groups attached to an aromatic ring is 2. The van der Waals surface area contributed by atoms with Crippen molar-refractivity contribution in [3.05, 3.63) is 36.0 Å². The van der Waals surface area contributed by atoms with E-state index in [1.807, 2.05) is 30.3 Å². The van der Waals surface area contributed by atoms with Crippen LogP contribution in [0.3, 0.4) is 0 Å². The summed E-state index contributed by atoms with van der Waals surface area (Å²) in [5.74, 6) is 0.793. The number of nitrogens with zero attached hydrogens (tertiary/aromatic N) is 4. The van der Waals surface area contributed by atoms with E-state index in [-0.39, 0.29) is 17.3 Å². The number of nitrogens with two attached hydrogens (primary N) is 2. The van der Waals surface area contributed by atoms with Crippen LogP contribution in [0.2, 0.25) is 0 Å². The smallest absolute Gasteiger partial charge is 0.186 e. The molecule has 3 aromatic rings. The second-order valence-corrected chi connectivity index (χ2v) is 4.64. The highest BCUT2D eigenvalue weighted by Crippen LogP contribution is 2.24. The van der Waals surface area contributed by atoms with Gasteiger partial charge in [0.1, 0.15) is 5.69 Å². The fraction of sp³-hybridized carbons (Fsp3) is 0.143. The predicted molar refractivity (Wildman–Crippen MR) is 80.0 cm³/mol. The van der Waals surface area contributed by atoms with E-state index in [0.717, 1.165) is 5.56 Å². The van der Waals surface area contributed by atoms with E-state index in [4.69, 9.17) is 11.5 Å². The molecule has 7 nitrogen and oxygen atoms in total. The van der Waals surface area contributed by atoms with E-state index in [2.05, 4.69) is 19.9 Å². The highest BCUT2D eigenvalue weighted by Gasteiger charge is 2.15. The molecule has 0 fully saturated rings. The zero-order valence-electron chi connectivity index (χ0n) is 11.4. The first-order chi connectivity index (χ1) is 10.1. The van der Waals surface area contributed by atoms with Crippen molar-refractivity contribution in [3.63, 3.8) is 0 Å². The van der Waals surface area contributed by atoms with Crippen LogP contribution in [-0.2, 0) is 0 Å². The summed E-state index contributed by atoms with van der Waals surface area (Å²) in [5, 5.41) is 9.62. The quantitative estimate of drug-likeness (QED) is 0.647. The van der Waals surface area contributed by atoms with Gasteiger partial charge in [0.2, 0.25) is 0 Å². The van der Waals surface area contributed by atoms with Gasteiger partial charge in [-0.25, -0.2) is 19.9 Å². The van der Waals surface area contributed by atoms with Gasteiger partial charge in [-0.3, -0.25) is 0 Å². The number of benzene rings is 1. The molecule has 3 rings (SSSR count). The Morgan fingerprint density at radius 3 is 2.33 bits per heavy atom. The zero-order valence-corrected chi connectivity index (χ0v) is 11.4. The number of hydrogen-bond donors (Lipinski definition) is 3. The van der Waals surface area contributed by atoms with Crippen LogP contribution in [0.25, 0.3) is 22.6 Å². The van der Waals surface area contributed by atoms with Crippen molar-refractivity contribution in [2.24, 2.45) is 0 Å². The van der Waals surface area contributed by atoms with Gasteiger partial charge in [0.25, 0.3) is 0 Å². The summed E-state index contributed by atoms with van der Waals surface area (Å²) in [6.07, 6.45) is -0.838. The van der Waals surface area contributed by atoms with Crippen LogP contribution in [0.5, 0.6) is 0 Å². The van der Waals surface area contributed by atoms with E-state index < -0.39 is 6.10 Å². The van der Waals surface area contributed by atoms with E-state index in [9.17, 15) is 5.11 Å². The lowest BCUT2D eigenvalue weighted by Crippen LogP contribution is -2.08. The standard InChI is InChI=1S/C14H14N6O/c1-7(21)9-11(15)19-14-10(17-9)12(16)18-13(20-14)8-5-3-2-4-6-8/h2-7,21H,1H3,(H4,15,16,18,19,20)/t7-/m1/s1. The Labute approximate surface area is 120 Å². The van der Waals surface area contributed by atoms with Crippen molar-refractivity contribution in [3.8, 4) is 11.4 Å². The minimum Gasteiger partial charge on any atom is -0.387 e. The van der Waals surface area contributed by atoms with Crippen molar-refractivity contribution in [2.75, 3.05) is 11.5 Å². The van der Waals surface area contributed by atoms with E-state index in [1.54, 1.807) is 6.92 Å². The van der Waals surface area contributed by atoms with Gasteiger partial charge in [-0.2, -0.15) is 0 Å². The van der Waals surface area contributed by atoms with Crippen molar-refractivity contribution in [1.29, 1.82) is 0 Å². The molecule has 1 atom stereocenters. The minimum absolute atomic E-state index is 0.134. The summed E-state index contributed by atoms with van der Waals surface area (Å²) >= 11 is 0. The molecule has 0 unspecified atom stereocenters. The average Bonchev–Trinajstić information content (AvgIpc) is 2.47. The number of rotatable bonds is 2. The molecule has 5 N–H and O–H groups in total. The Morgan fingerprint density at radius 2 is 1.67 bits per heavy atom. The lowest BCUT2D eigenvalue weighted by molar-refractivity contribution is 0.195. The molecule has 0 saturated carbocycles. The Kier molecular flexibility index (Phi) is 3.11. The first-order valence-corrected chi connectivity index (χ1v) is 6.40. The SMILES string of the molecule is C[C@@H](O)c1nc2c(N)nc(-c3ccccc3)nc2nc1N. The molecule has 106 valence electrons. The lowest BCUT2D eigenvalue weighted by atomic mass is 10.2. The molecular formula is C14H14N6O. The zero-order chi connectivity index (χ0) is 15.0.